The van der Waals surface area contributed by atoms with E-state index in [0.717, 1.165) is 0 Å². The first-order chi connectivity index (χ1) is 3.21. The van der Waals surface area contributed by atoms with Gasteiger partial charge in [0.2, 0.25) is 0 Å². The Morgan fingerprint density at radius 1 is 1.43 bits per heavy atom. The fourth-order valence-electron chi connectivity index (χ4n) is 0.443. The van der Waals surface area contributed by atoms with Gasteiger partial charge in [0.1, 0.15) is 0 Å². The van der Waals surface area contributed by atoms with Crippen LogP contribution in [0.2, 0.25) is 0 Å². The molecule has 1 fully saturated rings. The van der Waals surface area contributed by atoms with Crippen LogP contribution in [0, 0.1) is 0 Å². The summed E-state index contributed by atoms with van der Waals surface area (Å²) in [7, 11) is 0. The summed E-state index contributed by atoms with van der Waals surface area (Å²) in [6, 6.07) is 0. The van der Waals surface area contributed by atoms with Crippen LogP contribution in [-0.2, 0) is 11.8 Å². The average Bonchev–Trinajstić information content (AvgIpc) is 1.84. The van der Waals surface area contributed by atoms with E-state index in [0.29, 0.717) is 0 Å². The predicted octanol–water partition coefficient (Wildman–Crippen LogP) is 2.41. The lowest BCUT2D eigenvalue weighted by molar-refractivity contribution is 1.59. The van der Waals surface area contributed by atoms with Crippen molar-refractivity contribution in [1.82, 2.24) is 0 Å². The molecule has 0 amide bonds. The maximum absolute atomic E-state index is 5.25. The summed E-state index contributed by atoms with van der Waals surface area (Å²) >= 11 is 9.22. The first-order valence-corrected chi connectivity index (χ1v) is 8.50. The van der Waals surface area contributed by atoms with Crippen LogP contribution in [0.15, 0.2) is 0 Å². The molecule has 42 valence electrons. The predicted molar refractivity (Wildman–Crippen MR) is 45.1 cm³/mol. The van der Waals surface area contributed by atoms with Crippen molar-refractivity contribution in [3.63, 3.8) is 0 Å². The molecule has 0 bridgehead atoms. The number of hydrogen-bond donors (Lipinski definition) is 0. The molecular weight excluding hydrogens is 163 g/mol. The van der Waals surface area contributed by atoms with Crippen molar-refractivity contribution in [3.8, 4) is 0 Å². The molecule has 0 aromatic heterocycles. The van der Waals surface area contributed by atoms with Crippen molar-refractivity contribution >= 4 is 39.0 Å². The highest BCUT2D eigenvalue weighted by Crippen LogP contribution is 2.70. The van der Waals surface area contributed by atoms with Gasteiger partial charge in [-0.3, -0.25) is 0 Å². The second kappa shape index (κ2) is 2.30. The Morgan fingerprint density at radius 2 is 1.86 bits per heavy atom. The maximum Gasteiger partial charge on any atom is 0.0543 e. The van der Waals surface area contributed by atoms with Gasteiger partial charge in [0.05, 0.1) is 4.44 Å². The molecule has 0 N–H and O–H groups in total. The summed E-state index contributed by atoms with van der Waals surface area (Å²) in [5.41, 5.74) is 0. The van der Waals surface area contributed by atoms with E-state index in [1.807, 2.05) is 22.8 Å². The molecule has 7 heavy (non-hydrogen) atoms. The smallest absolute Gasteiger partial charge is 0.0543 e. The molecule has 0 aliphatic carbocycles. The molecule has 1 aliphatic rings. The van der Waals surface area contributed by atoms with E-state index in [1.54, 1.807) is 0 Å². The summed E-state index contributed by atoms with van der Waals surface area (Å²) in [4.78, 5) is 0. The third-order valence-electron chi connectivity index (χ3n) is 0.735. The molecule has 0 aromatic carbocycles. The van der Waals surface area contributed by atoms with Crippen molar-refractivity contribution in [1.29, 1.82) is 0 Å². The van der Waals surface area contributed by atoms with E-state index in [9.17, 15) is 0 Å². The van der Waals surface area contributed by atoms with Crippen LogP contribution < -0.4 is 0 Å². The SMILES string of the molecule is CP1(=S)SCCS1. The van der Waals surface area contributed by atoms with Gasteiger partial charge in [0.15, 0.2) is 0 Å². The van der Waals surface area contributed by atoms with Crippen molar-refractivity contribution in [2.75, 3.05) is 18.2 Å². The second-order valence-electron chi connectivity index (χ2n) is 1.44. The Labute approximate surface area is 57.3 Å². The third-order valence-corrected chi connectivity index (χ3v) is 10.4. The van der Waals surface area contributed by atoms with Gasteiger partial charge in [-0.25, -0.2) is 0 Å². The average molecular weight is 170 g/mol. The van der Waals surface area contributed by atoms with E-state index in [4.69, 9.17) is 11.8 Å². The molecule has 0 unspecified atom stereocenters. The van der Waals surface area contributed by atoms with Crippen LogP contribution in [0.5, 0.6) is 0 Å². The quantitative estimate of drug-likeness (QED) is 0.512. The van der Waals surface area contributed by atoms with Crippen LogP contribution in [-0.4, -0.2) is 18.2 Å². The zero-order chi connectivity index (χ0) is 5.33. The van der Waals surface area contributed by atoms with Crippen LogP contribution in [0.4, 0.5) is 0 Å². The highest BCUT2D eigenvalue weighted by atomic mass is 33.2. The summed E-state index contributed by atoms with van der Waals surface area (Å²) < 4.78 is -0.877. The van der Waals surface area contributed by atoms with Crippen LogP contribution in [0.25, 0.3) is 0 Å². The van der Waals surface area contributed by atoms with Gasteiger partial charge < -0.3 is 0 Å². The van der Waals surface area contributed by atoms with E-state index in [2.05, 4.69) is 6.66 Å². The zero-order valence-corrected chi connectivity index (χ0v) is 7.43. The fraction of sp³-hybridized carbons (Fsp3) is 1.00. The standard InChI is InChI=1S/C3H7PS3/c1-4(5)6-2-3-7-4/h2-3H2,1H3. The molecule has 4 heteroatoms. The van der Waals surface area contributed by atoms with Gasteiger partial charge >= 0.3 is 0 Å². The van der Waals surface area contributed by atoms with Gasteiger partial charge in [0.25, 0.3) is 0 Å². The van der Waals surface area contributed by atoms with Gasteiger partial charge in [-0.05, 0) is 6.66 Å². The molecule has 1 aliphatic heterocycles. The molecule has 0 saturated carbocycles. The Morgan fingerprint density at radius 3 is 2.00 bits per heavy atom. The van der Waals surface area contributed by atoms with Crippen LogP contribution >= 0.6 is 27.2 Å². The minimum absolute atomic E-state index is 0.877. The van der Waals surface area contributed by atoms with Crippen molar-refractivity contribution in [2.24, 2.45) is 0 Å². The van der Waals surface area contributed by atoms with Crippen molar-refractivity contribution in [3.05, 3.63) is 0 Å². The number of rotatable bonds is 0. The minimum Gasteiger partial charge on any atom is -0.113 e. The lowest BCUT2D eigenvalue weighted by atomic mass is 11.0. The van der Waals surface area contributed by atoms with Crippen LogP contribution in [0.3, 0.4) is 0 Å². The van der Waals surface area contributed by atoms with E-state index in [1.165, 1.54) is 11.5 Å². The number of hydrogen-bond acceptors (Lipinski definition) is 3. The van der Waals surface area contributed by atoms with Gasteiger partial charge in [0, 0.05) is 11.5 Å². The Balaban J connectivity index is 2.57. The van der Waals surface area contributed by atoms with E-state index < -0.39 is 4.44 Å². The monoisotopic (exact) mass is 170 g/mol. The van der Waals surface area contributed by atoms with Gasteiger partial charge in [-0.2, -0.15) is 0 Å². The molecule has 1 rings (SSSR count). The molecule has 0 atom stereocenters. The second-order valence-corrected chi connectivity index (χ2v) is 14.5. The normalized spacial score (nSPS) is 28.1. The first-order valence-electron chi connectivity index (χ1n) is 2.07. The molecule has 0 nitrogen and oxygen atoms in total. The molecule has 0 spiro atoms. The highest BCUT2D eigenvalue weighted by Gasteiger charge is 2.16. The highest BCUT2D eigenvalue weighted by molar-refractivity contribution is 9.01. The molecule has 0 radical (unpaired) electrons. The van der Waals surface area contributed by atoms with Crippen molar-refractivity contribution in [2.45, 2.75) is 0 Å². The lowest BCUT2D eigenvalue weighted by Gasteiger charge is -2.00. The van der Waals surface area contributed by atoms with E-state index >= 15 is 0 Å². The summed E-state index contributed by atoms with van der Waals surface area (Å²) in [5.74, 6) is 2.58. The molecule has 1 heterocycles. The minimum atomic E-state index is -0.877. The Bertz CT molecular complexity index is 101. The molecule has 1 saturated heterocycles. The summed E-state index contributed by atoms with van der Waals surface area (Å²) in [5, 5.41) is 0. The maximum atomic E-state index is 5.25. The lowest BCUT2D eigenvalue weighted by Crippen LogP contribution is -1.64. The summed E-state index contributed by atoms with van der Waals surface area (Å²) in [6.45, 7) is 2.21. The molecule has 0 aromatic rings. The van der Waals surface area contributed by atoms with Gasteiger partial charge in [-0.1, -0.05) is 11.8 Å². The molecular formula is C3H7PS3. The third kappa shape index (κ3) is 1.96. The van der Waals surface area contributed by atoms with Crippen LogP contribution in [0.1, 0.15) is 0 Å². The van der Waals surface area contributed by atoms with E-state index in [-0.39, 0.29) is 0 Å². The zero-order valence-electron chi connectivity index (χ0n) is 4.09. The largest absolute Gasteiger partial charge is 0.113 e. The Hall–Kier alpha value is 1.35. The first kappa shape index (κ1) is 6.47. The fourth-order valence-corrected chi connectivity index (χ4v) is 8.69. The van der Waals surface area contributed by atoms with Gasteiger partial charge in [-0.15, -0.1) is 22.8 Å². The van der Waals surface area contributed by atoms with Crippen molar-refractivity contribution < 1.29 is 0 Å². The summed E-state index contributed by atoms with van der Waals surface area (Å²) in [6.07, 6.45) is 0. The topological polar surface area (TPSA) is 0 Å². The Kier molecular flexibility index (Phi) is 2.13.